The van der Waals surface area contributed by atoms with Crippen LogP contribution in [0.1, 0.15) is 22.1 Å². The van der Waals surface area contributed by atoms with Crippen molar-refractivity contribution in [1.82, 2.24) is 14.8 Å². The number of aromatic nitrogens is 1. The van der Waals surface area contributed by atoms with Crippen molar-refractivity contribution in [2.45, 2.75) is 6.04 Å². The number of thiazole rings is 1. The minimum absolute atomic E-state index is 0.158. The fraction of sp³-hybridized carbons (Fsp3) is 0.227. The van der Waals surface area contributed by atoms with Crippen molar-refractivity contribution < 1.29 is 13.6 Å². The quantitative estimate of drug-likeness (QED) is 0.632. The number of carbonyl (C=O) groups excluding carboxylic acids is 1. The Balaban J connectivity index is 1.40. The van der Waals surface area contributed by atoms with Crippen LogP contribution in [0.3, 0.4) is 0 Å². The van der Waals surface area contributed by atoms with Gasteiger partial charge in [-0.15, -0.1) is 11.3 Å². The Hall–Kier alpha value is -3.15. The van der Waals surface area contributed by atoms with E-state index in [1.54, 1.807) is 34.5 Å². The first-order valence-corrected chi connectivity index (χ1v) is 10.3. The molecule has 0 aliphatic carbocycles. The number of hydrogen-bond donors (Lipinski definition) is 0. The van der Waals surface area contributed by atoms with Crippen LogP contribution in [-0.4, -0.2) is 46.9 Å². The second-order valence-electron chi connectivity index (χ2n) is 6.96. The lowest BCUT2D eigenvalue weighted by Gasteiger charge is -2.36. The summed E-state index contributed by atoms with van der Waals surface area (Å²) in [6.45, 7) is 2.02. The number of piperazine rings is 1. The van der Waals surface area contributed by atoms with Crippen molar-refractivity contribution in [1.29, 1.82) is 5.26 Å². The molecule has 1 aliphatic rings. The van der Waals surface area contributed by atoms with Crippen LogP contribution < -0.4 is 0 Å². The predicted molar refractivity (Wildman–Crippen MR) is 110 cm³/mol. The molecule has 0 radical (unpaired) electrons. The summed E-state index contributed by atoms with van der Waals surface area (Å²) in [5.41, 5.74) is 1.87. The average molecular weight is 424 g/mol. The largest absolute Gasteiger partial charge is 0.335 e. The standard InChI is InChI=1S/C22H18F2N4OS/c23-17-5-1-15(2-6-17)20(13-25)27-9-11-28(12-10-27)22(29)19-14-30-21(26-19)16-3-7-18(24)8-4-16/h1-8,14,20H,9-12H2/t20-/m1/s1. The molecule has 1 atom stereocenters. The molecular formula is C22H18F2N4OS. The summed E-state index contributed by atoms with van der Waals surface area (Å²) in [4.78, 5) is 21.0. The maximum atomic E-state index is 13.2. The molecule has 1 fully saturated rings. The third kappa shape index (κ3) is 4.22. The van der Waals surface area contributed by atoms with Crippen LogP contribution in [0.25, 0.3) is 10.6 Å². The van der Waals surface area contributed by atoms with Gasteiger partial charge in [0.2, 0.25) is 0 Å². The highest BCUT2D eigenvalue weighted by molar-refractivity contribution is 7.13. The molecular weight excluding hydrogens is 406 g/mol. The van der Waals surface area contributed by atoms with E-state index in [2.05, 4.69) is 11.1 Å². The van der Waals surface area contributed by atoms with Gasteiger partial charge in [-0.05, 0) is 42.0 Å². The Morgan fingerprint density at radius 2 is 1.60 bits per heavy atom. The van der Waals surface area contributed by atoms with Crippen molar-refractivity contribution in [3.63, 3.8) is 0 Å². The molecule has 1 saturated heterocycles. The number of nitrogens with zero attached hydrogens (tertiary/aromatic N) is 4. The molecule has 3 aromatic rings. The molecule has 152 valence electrons. The molecule has 2 aromatic carbocycles. The van der Waals surface area contributed by atoms with Crippen molar-refractivity contribution >= 4 is 17.2 Å². The summed E-state index contributed by atoms with van der Waals surface area (Å²) >= 11 is 1.34. The molecule has 0 N–H and O–H groups in total. The first-order chi connectivity index (χ1) is 14.5. The van der Waals surface area contributed by atoms with Gasteiger partial charge in [0.1, 0.15) is 28.4 Å². The van der Waals surface area contributed by atoms with Crippen molar-refractivity contribution in [3.05, 3.63) is 76.8 Å². The van der Waals surface area contributed by atoms with Crippen molar-refractivity contribution in [2.75, 3.05) is 26.2 Å². The first kappa shape index (κ1) is 20.1. The fourth-order valence-electron chi connectivity index (χ4n) is 3.45. The molecule has 30 heavy (non-hydrogen) atoms. The third-order valence-electron chi connectivity index (χ3n) is 5.09. The van der Waals surface area contributed by atoms with E-state index in [-0.39, 0.29) is 17.5 Å². The number of hydrogen-bond acceptors (Lipinski definition) is 5. The molecule has 1 aromatic heterocycles. The average Bonchev–Trinajstić information content (AvgIpc) is 3.26. The van der Waals surface area contributed by atoms with Crippen LogP contribution in [-0.2, 0) is 0 Å². The number of carbonyl (C=O) groups is 1. The van der Waals surface area contributed by atoms with Gasteiger partial charge in [0.05, 0.1) is 6.07 Å². The van der Waals surface area contributed by atoms with E-state index in [1.165, 1.54) is 35.6 Å². The lowest BCUT2D eigenvalue weighted by Crippen LogP contribution is -2.49. The Morgan fingerprint density at radius 3 is 2.20 bits per heavy atom. The number of halogens is 2. The zero-order valence-electron chi connectivity index (χ0n) is 16.0. The van der Waals surface area contributed by atoms with Crippen LogP contribution in [0.5, 0.6) is 0 Å². The van der Waals surface area contributed by atoms with E-state index < -0.39 is 6.04 Å². The van der Waals surface area contributed by atoms with E-state index in [9.17, 15) is 18.8 Å². The summed E-state index contributed by atoms with van der Waals surface area (Å²) in [7, 11) is 0. The fourth-order valence-corrected chi connectivity index (χ4v) is 4.25. The predicted octanol–water partition coefficient (Wildman–Crippen LogP) is 4.11. The van der Waals surface area contributed by atoms with E-state index in [0.29, 0.717) is 36.9 Å². The highest BCUT2D eigenvalue weighted by Gasteiger charge is 2.28. The van der Waals surface area contributed by atoms with E-state index >= 15 is 0 Å². The smallest absolute Gasteiger partial charge is 0.273 e. The first-order valence-electron chi connectivity index (χ1n) is 9.45. The minimum Gasteiger partial charge on any atom is -0.335 e. The highest BCUT2D eigenvalue weighted by Crippen LogP contribution is 2.26. The van der Waals surface area contributed by atoms with E-state index in [1.807, 2.05) is 4.90 Å². The maximum Gasteiger partial charge on any atom is 0.273 e. The Morgan fingerprint density at radius 1 is 1.00 bits per heavy atom. The zero-order chi connectivity index (χ0) is 21.1. The SMILES string of the molecule is N#C[C@H](c1ccc(F)cc1)N1CCN(C(=O)c2csc(-c3ccc(F)cc3)n2)CC1. The van der Waals surface area contributed by atoms with E-state index in [0.717, 1.165) is 11.1 Å². The minimum atomic E-state index is -0.479. The van der Waals surface area contributed by atoms with Gasteiger partial charge in [-0.2, -0.15) is 5.26 Å². The lowest BCUT2D eigenvalue weighted by atomic mass is 10.1. The van der Waals surface area contributed by atoms with Crippen LogP contribution in [0.2, 0.25) is 0 Å². The molecule has 5 nitrogen and oxygen atoms in total. The van der Waals surface area contributed by atoms with Gasteiger partial charge >= 0.3 is 0 Å². The topological polar surface area (TPSA) is 60.2 Å². The number of rotatable bonds is 4. The molecule has 1 amide bonds. The van der Waals surface area contributed by atoms with Gasteiger partial charge in [0, 0.05) is 37.1 Å². The summed E-state index contributed by atoms with van der Waals surface area (Å²) < 4.78 is 26.3. The summed E-state index contributed by atoms with van der Waals surface area (Å²) in [5.74, 6) is -0.815. The van der Waals surface area contributed by atoms with Crippen LogP contribution in [0.4, 0.5) is 8.78 Å². The summed E-state index contributed by atoms with van der Waals surface area (Å²) in [5, 5.41) is 12.0. The van der Waals surface area contributed by atoms with Crippen LogP contribution >= 0.6 is 11.3 Å². The molecule has 0 saturated carbocycles. The molecule has 2 heterocycles. The Labute approximate surface area is 176 Å². The summed E-state index contributed by atoms with van der Waals surface area (Å²) in [6, 6.07) is 13.7. The molecule has 8 heteroatoms. The molecule has 0 bridgehead atoms. The lowest BCUT2D eigenvalue weighted by molar-refractivity contribution is 0.0601. The van der Waals surface area contributed by atoms with Gasteiger partial charge in [-0.1, -0.05) is 12.1 Å². The third-order valence-corrected chi connectivity index (χ3v) is 5.98. The zero-order valence-corrected chi connectivity index (χ0v) is 16.8. The van der Waals surface area contributed by atoms with Gasteiger partial charge in [0.15, 0.2) is 0 Å². The highest BCUT2D eigenvalue weighted by atomic mass is 32.1. The van der Waals surface area contributed by atoms with E-state index in [4.69, 9.17) is 0 Å². The van der Waals surface area contributed by atoms with Gasteiger partial charge in [-0.25, -0.2) is 13.8 Å². The van der Waals surface area contributed by atoms with Crippen LogP contribution in [0, 0.1) is 23.0 Å². The second-order valence-corrected chi connectivity index (χ2v) is 7.81. The molecule has 0 spiro atoms. The Kier molecular flexibility index (Phi) is 5.84. The summed E-state index contributed by atoms with van der Waals surface area (Å²) in [6.07, 6.45) is 0. The maximum absolute atomic E-state index is 13.2. The van der Waals surface area contributed by atoms with Crippen molar-refractivity contribution in [3.8, 4) is 16.6 Å². The monoisotopic (exact) mass is 424 g/mol. The number of benzene rings is 2. The normalized spacial score (nSPS) is 15.6. The van der Waals surface area contributed by atoms with Gasteiger partial charge in [-0.3, -0.25) is 9.69 Å². The number of amides is 1. The second kappa shape index (κ2) is 8.69. The van der Waals surface area contributed by atoms with Gasteiger partial charge in [0.25, 0.3) is 5.91 Å². The molecule has 1 aliphatic heterocycles. The van der Waals surface area contributed by atoms with Gasteiger partial charge < -0.3 is 4.90 Å². The van der Waals surface area contributed by atoms with Crippen molar-refractivity contribution in [2.24, 2.45) is 0 Å². The Bertz CT molecular complexity index is 1070. The molecule has 4 rings (SSSR count). The molecule has 0 unspecified atom stereocenters. The number of nitriles is 1. The van der Waals surface area contributed by atoms with Crippen LogP contribution in [0.15, 0.2) is 53.9 Å².